The highest BCUT2D eigenvalue weighted by molar-refractivity contribution is 6.30. The van der Waals surface area contributed by atoms with Crippen LogP contribution in [-0.2, 0) is 0 Å². The summed E-state index contributed by atoms with van der Waals surface area (Å²) in [5.74, 6) is 1.25. The summed E-state index contributed by atoms with van der Waals surface area (Å²) in [6.07, 6.45) is 5.51. The van der Waals surface area contributed by atoms with Crippen LogP contribution in [0, 0.1) is 0 Å². The highest BCUT2D eigenvalue weighted by Crippen LogP contribution is 2.32. The first-order chi connectivity index (χ1) is 14.5. The normalized spacial score (nSPS) is 17.3. The van der Waals surface area contributed by atoms with Crippen molar-refractivity contribution in [3.8, 4) is 0 Å². The van der Waals surface area contributed by atoms with Crippen molar-refractivity contribution >= 4 is 34.2 Å². The number of aromatic nitrogens is 4. The molecule has 1 fully saturated rings. The summed E-state index contributed by atoms with van der Waals surface area (Å²) >= 11 is 6.06. The van der Waals surface area contributed by atoms with Gasteiger partial charge in [0.15, 0.2) is 0 Å². The molecule has 5 rings (SSSR count). The Morgan fingerprint density at radius 3 is 2.80 bits per heavy atom. The van der Waals surface area contributed by atoms with Gasteiger partial charge >= 0.3 is 0 Å². The minimum absolute atomic E-state index is 0.0354. The quantitative estimate of drug-likeness (QED) is 0.471. The molecule has 1 aliphatic rings. The Hall–Kier alpha value is -2.86. The number of hydrogen-bond acceptors (Lipinski definition) is 3. The minimum atomic E-state index is -0.0354. The fourth-order valence-electron chi connectivity index (χ4n) is 4.50. The lowest BCUT2D eigenvalue weighted by Crippen LogP contribution is -2.40. The Morgan fingerprint density at radius 1 is 1.13 bits per heavy atom. The first kappa shape index (κ1) is 19.1. The molecule has 4 heterocycles. The molecular weight excluding hydrogens is 398 g/mol. The van der Waals surface area contributed by atoms with E-state index in [0.717, 1.165) is 41.9 Å². The van der Waals surface area contributed by atoms with E-state index in [0.29, 0.717) is 23.3 Å². The lowest BCUT2D eigenvalue weighted by atomic mass is 9.96. The summed E-state index contributed by atoms with van der Waals surface area (Å²) in [5.41, 5.74) is 3.35. The minimum Gasteiger partial charge on any atom is -0.337 e. The van der Waals surface area contributed by atoms with Crippen molar-refractivity contribution in [1.82, 2.24) is 23.8 Å². The molecule has 1 saturated heterocycles. The van der Waals surface area contributed by atoms with Crippen molar-refractivity contribution in [2.24, 2.45) is 0 Å². The number of likely N-dealkylation sites (tertiary alicyclic amines) is 1. The number of benzene rings is 1. The van der Waals surface area contributed by atoms with E-state index in [2.05, 4.69) is 41.6 Å². The number of carbonyl (C=O) groups is 1. The number of rotatable bonds is 3. The molecule has 0 unspecified atom stereocenters. The zero-order chi connectivity index (χ0) is 20.8. The number of hydrogen-bond donors (Lipinski definition) is 0. The molecular formula is C23H24ClN5O. The van der Waals surface area contributed by atoms with Gasteiger partial charge in [-0.2, -0.15) is 0 Å². The molecule has 0 radical (unpaired) electrons. The van der Waals surface area contributed by atoms with Gasteiger partial charge in [0.1, 0.15) is 17.2 Å². The van der Waals surface area contributed by atoms with Gasteiger partial charge in [-0.05, 0) is 51.0 Å². The van der Waals surface area contributed by atoms with Gasteiger partial charge in [0.2, 0.25) is 0 Å². The number of piperidine rings is 1. The van der Waals surface area contributed by atoms with E-state index < -0.39 is 0 Å². The zero-order valence-electron chi connectivity index (χ0n) is 17.1. The molecule has 0 saturated carbocycles. The van der Waals surface area contributed by atoms with E-state index in [1.807, 2.05) is 17.0 Å². The summed E-state index contributed by atoms with van der Waals surface area (Å²) in [6, 6.07) is 12.2. The number of imidazole rings is 2. The second kappa shape index (κ2) is 7.43. The SMILES string of the molecule is CC(C)n1c([C@H]2CCCN(C(=O)c3cn4cc(Cl)ccc4n3)C2)nc2ccccc21. The van der Waals surface area contributed by atoms with Crippen molar-refractivity contribution < 1.29 is 4.79 Å². The Bertz CT molecular complexity index is 1240. The molecule has 0 bridgehead atoms. The Morgan fingerprint density at radius 2 is 1.97 bits per heavy atom. The van der Waals surface area contributed by atoms with Crippen molar-refractivity contribution in [2.45, 2.75) is 38.6 Å². The summed E-state index contributed by atoms with van der Waals surface area (Å²) in [5, 5.41) is 0.615. The Kier molecular flexibility index (Phi) is 4.74. The molecule has 30 heavy (non-hydrogen) atoms. The van der Waals surface area contributed by atoms with Gasteiger partial charge in [0, 0.05) is 37.4 Å². The second-order valence-corrected chi connectivity index (χ2v) is 8.69. The zero-order valence-corrected chi connectivity index (χ0v) is 17.9. The molecule has 154 valence electrons. The van der Waals surface area contributed by atoms with Crippen molar-refractivity contribution in [3.63, 3.8) is 0 Å². The molecule has 1 aromatic carbocycles. The van der Waals surface area contributed by atoms with Gasteiger partial charge in [-0.25, -0.2) is 9.97 Å². The van der Waals surface area contributed by atoms with Crippen LogP contribution in [0.15, 0.2) is 48.8 Å². The first-order valence-corrected chi connectivity index (χ1v) is 10.8. The number of carbonyl (C=O) groups excluding carboxylic acids is 1. The van der Waals surface area contributed by atoms with Crippen LogP contribution in [-0.4, -0.2) is 42.8 Å². The Labute approximate surface area is 180 Å². The molecule has 3 aromatic heterocycles. The fourth-order valence-corrected chi connectivity index (χ4v) is 4.66. The molecule has 1 atom stereocenters. The third-order valence-electron chi connectivity index (χ3n) is 5.85. The van der Waals surface area contributed by atoms with Crippen molar-refractivity contribution in [1.29, 1.82) is 0 Å². The highest BCUT2D eigenvalue weighted by atomic mass is 35.5. The molecule has 1 amide bonds. The van der Waals surface area contributed by atoms with Crippen molar-refractivity contribution in [2.75, 3.05) is 13.1 Å². The summed E-state index contributed by atoms with van der Waals surface area (Å²) in [4.78, 5) is 24.6. The number of nitrogens with zero attached hydrogens (tertiary/aromatic N) is 5. The topological polar surface area (TPSA) is 55.4 Å². The number of fused-ring (bicyclic) bond motifs is 2. The molecule has 0 spiro atoms. The Balaban J connectivity index is 1.45. The van der Waals surface area contributed by atoms with Crippen LogP contribution in [0.3, 0.4) is 0 Å². The summed E-state index contributed by atoms with van der Waals surface area (Å²) < 4.78 is 4.12. The number of amides is 1. The van der Waals surface area contributed by atoms with Crippen LogP contribution in [0.4, 0.5) is 0 Å². The van der Waals surface area contributed by atoms with E-state index in [-0.39, 0.29) is 11.8 Å². The van der Waals surface area contributed by atoms with E-state index >= 15 is 0 Å². The number of pyridine rings is 1. The van der Waals surface area contributed by atoms with E-state index in [9.17, 15) is 4.79 Å². The molecule has 7 heteroatoms. The van der Waals surface area contributed by atoms with Crippen LogP contribution in [0.1, 0.15) is 55.0 Å². The number of halogens is 1. The predicted octanol–water partition coefficient (Wildman–Crippen LogP) is 4.94. The van der Waals surface area contributed by atoms with Crippen LogP contribution in [0.5, 0.6) is 0 Å². The smallest absolute Gasteiger partial charge is 0.274 e. The van der Waals surface area contributed by atoms with E-state index in [1.54, 1.807) is 22.9 Å². The van der Waals surface area contributed by atoms with Crippen LogP contribution in [0.25, 0.3) is 16.7 Å². The largest absolute Gasteiger partial charge is 0.337 e. The maximum Gasteiger partial charge on any atom is 0.274 e. The maximum absolute atomic E-state index is 13.2. The van der Waals surface area contributed by atoms with Gasteiger partial charge in [-0.1, -0.05) is 23.7 Å². The third kappa shape index (κ3) is 3.25. The molecule has 6 nitrogen and oxygen atoms in total. The average Bonchev–Trinajstić information content (AvgIpc) is 3.34. The van der Waals surface area contributed by atoms with Crippen LogP contribution < -0.4 is 0 Å². The predicted molar refractivity (Wildman–Crippen MR) is 118 cm³/mol. The third-order valence-corrected chi connectivity index (χ3v) is 6.07. The first-order valence-electron chi connectivity index (χ1n) is 10.4. The van der Waals surface area contributed by atoms with Crippen LogP contribution >= 0.6 is 11.6 Å². The van der Waals surface area contributed by atoms with E-state index in [1.165, 1.54) is 0 Å². The molecule has 0 aliphatic carbocycles. The van der Waals surface area contributed by atoms with Gasteiger partial charge in [-0.3, -0.25) is 4.79 Å². The molecule has 1 aliphatic heterocycles. The average molecular weight is 422 g/mol. The summed E-state index contributed by atoms with van der Waals surface area (Å²) in [6.45, 7) is 5.77. The monoisotopic (exact) mass is 421 g/mol. The standard InChI is InChI=1S/C23H24ClN5O/c1-15(2)29-20-8-4-3-7-18(20)26-22(29)16-6-5-11-27(12-16)23(30)19-14-28-13-17(24)9-10-21(28)25-19/h3-4,7-10,13-16H,5-6,11-12H2,1-2H3/t16-/m0/s1. The van der Waals surface area contributed by atoms with E-state index in [4.69, 9.17) is 16.6 Å². The lowest BCUT2D eigenvalue weighted by Gasteiger charge is -2.32. The summed E-state index contributed by atoms with van der Waals surface area (Å²) in [7, 11) is 0. The highest BCUT2D eigenvalue weighted by Gasteiger charge is 2.30. The number of para-hydroxylation sites is 2. The molecule has 0 N–H and O–H groups in total. The fraction of sp³-hybridized carbons (Fsp3) is 0.348. The van der Waals surface area contributed by atoms with Gasteiger partial charge in [-0.15, -0.1) is 0 Å². The van der Waals surface area contributed by atoms with Gasteiger partial charge in [0.25, 0.3) is 5.91 Å². The second-order valence-electron chi connectivity index (χ2n) is 8.25. The van der Waals surface area contributed by atoms with Crippen LogP contribution in [0.2, 0.25) is 5.02 Å². The maximum atomic E-state index is 13.2. The molecule has 4 aromatic rings. The lowest BCUT2D eigenvalue weighted by molar-refractivity contribution is 0.0698. The van der Waals surface area contributed by atoms with Gasteiger partial charge < -0.3 is 13.9 Å². The van der Waals surface area contributed by atoms with Gasteiger partial charge in [0.05, 0.1) is 16.1 Å². The van der Waals surface area contributed by atoms with Crippen molar-refractivity contribution in [3.05, 3.63) is 65.3 Å².